The van der Waals surface area contributed by atoms with Gasteiger partial charge in [-0.15, -0.1) is 0 Å². The van der Waals surface area contributed by atoms with Crippen LogP contribution in [0.2, 0.25) is 0 Å². The third-order valence-corrected chi connectivity index (χ3v) is 3.10. The van der Waals surface area contributed by atoms with Crippen molar-refractivity contribution in [2.24, 2.45) is 5.73 Å². The SMILES string of the molecule is CC(O)CN1CCCC(N)c2ccccc21. The second kappa shape index (κ2) is 4.85. The fourth-order valence-corrected chi connectivity index (χ4v) is 2.38. The van der Waals surface area contributed by atoms with E-state index in [1.165, 1.54) is 11.3 Å². The van der Waals surface area contributed by atoms with Crippen LogP contribution in [0.5, 0.6) is 0 Å². The van der Waals surface area contributed by atoms with Gasteiger partial charge in [0.25, 0.3) is 0 Å². The molecule has 3 N–H and O–H groups in total. The Bertz CT molecular complexity index is 352. The standard InChI is InChI=1S/C13H20N2O/c1-10(16)9-15-8-4-6-12(14)11-5-2-3-7-13(11)15/h2-3,5,7,10,12,16H,4,6,8-9,14H2,1H3. The minimum Gasteiger partial charge on any atom is -0.392 e. The maximum atomic E-state index is 9.52. The summed E-state index contributed by atoms with van der Waals surface area (Å²) in [5.74, 6) is 0. The number of nitrogens with two attached hydrogens (primary N) is 1. The van der Waals surface area contributed by atoms with E-state index in [2.05, 4.69) is 17.0 Å². The van der Waals surface area contributed by atoms with Gasteiger partial charge >= 0.3 is 0 Å². The van der Waals surface area contributed by atoms with Crippen molar-refractivity contribution in [2.75, 3.05) is 18.0 Å². The zero-order valence-electron chi connectivity index (χ0n) is 9.76. The molecule has 0 saturated carbocycles. The summed E-state index contributed by atoms with van der Waals surface area (Å²) in [6.45, 7) is 3.49. The average Bonchev–Trinajstić information content (AvgIpc) is 2.40. The van der Waals surface area contributed by atoms with Crippen LogP contribution in [0.25, 0.3) is 0 Å². The van der Waals surface area contributed by atoms with Crippen molar-refractivity contribution in [1.29, 1.82) is 0 Å². The molecule has 2 atom stereocenters. The number of benzene rings is 1. The molecule has 0 fully saturated rings. The Balaban J connectivity index is 2.31. The van der Waals surface area contributed by atoms with Gasteiger partial charge in [-0.2, -0.15) is 0 Å². The van der Waals surface area contributed by atoms with Gasteiger partial charge in [-0.05, 0) is 31.4 Å². The number of para-hydroxylation sites is 1. The van der Waals surface area contributed by atoms with E-state index in [1.54, 1.807) is 0 Å². The van der Waals surface area contributed by atoms with Crippen molar-refractivity contribution in [1.82, 2.24) is 0 Å². The Morgan fingerprint density at radius 1 is 1.50 bits per heavy atom. The summed E-state index contributed by atoms with van der Waals surface area (Å²) in [6, 6.07) is 8.40. The number of hydrogen-bond donors (Lipinski definition) is 2. The van der Waals surface area contributed by atoms with Crippen LogP contribution in [-0.4, -0.2) is 24.3 Å². The molecule has 1 aliphatic heterocycles. The van der Waals surface area contributed by atoms with Crippen LogP contribution in [0.3, 0.4) is 0 Å². The van der Waals surface area contributed by atoms with Gasteiger partial charge in [0, 0.05) is 24.8 Å². The monoisotopic (exact) mass is 220 g/mol. The normalized spacial score (nSPS) is 22.4. The van der Waals surface area contributed by atoms with E-state index in [0.29, 0.717) is 6.54 Å². The molecule has 16 heavy (non-hydrogen) atoms. The summed E-state index contributed by atoms with van der Waals surface area (Å²) in [5, 5.41) is 9.52. The molecule has 1 aliphatic rings. The molecule has 1 aromatic carbocycles. The predicted molar refractivity (Wildman–Crippen MR) is 66.5 cm³/mol. The quantitative estimate of drug-likeness (QED) is 0.797. The maximum absolute atomic E-state index is 9.52. The summed E-state index contributed by atoms with van der Waals surface area (Å²) in [7, 11) is 0. The minimum absolute atomic E-state index is 0.134. The van der Waals surface area contributed by atoms with Crippen LogP contribution in [-0.2, 0) is 0 Å². The van der Waals surface area contributed by atoms with Gasteiger partial charge in [0.05, 0.1) is 6.10 Å². The van der Waals surface area contributed by atoms with Crippen LogP contribution >= 0.6 is 0 Å². The van der Waals surface area contributed by atoms with Crippen LogP contribution in [0.15, 0.2) is 24.3 Å². The molecule has 1 heterocycles. The molecule has 2 unspecified atom stereocenters. The van der Waals surface area contributed by atoms with Gasteiger partial charge in [0.1, 0.15) is 0 Å². The molecule has 88 valence electrons. The molecule has 0 amide bonds. The number of aliphatic hydroxyl groups excluding tert-OH is 1. The van der Waals surface area contributed by atoms with Gasteiger partial charge in [-0.3, -0.25) is 0 Å². The number of hydrogen-bond acceptors (Lipinski definition) is 3. The molecule has 0 saturated heterocycles. The summed E-state index contributed by atoms with van der Waals surface area (Å²) >= 11 is 0. The minimum atomic E-state index is -0.303. The van der Waals surface area contributed by atoms with Gasteiger partial charge in [0.15, 0.2) is 0 Å². The predicted octanol–water partition coefficient (Wildman–Crippen LogP) is 1.67. The molecule has 0 aromatic heterocycles. The van der Waals surface area contributed by atoms with Crippen LogP contribution < -0.4 is 10.6 Å². The Morgan fingerprint density at radius 3 is 3.00 bits per heavy atom. The largest absolute Gasteiger partial charge is 0.392 e. The molecule has 1 aromatic rings. The van der Waals surface area contributed by atoms with E-state index >= 15 is 0 Å². The zero-order valence-corrected chi connectivity index (χ0v) is 9.76. The van der Waals surface area contributed by atoms with E-state index in [0.717, 1.165) is 19.4 Å². The second-order valence-electron chi connectivity index (χ2n) is 4.60. The molecule has 3 heteroatoms. The first kappa shape index (κ1) is 11.4. The van der Waals surface area contributed by atoms with Gasteiger partial charge in [-0.25, -0.2) is 0 Å². The van der Waals surface area contributed by atoms with Crippen LogP contribution in [0, 0.1) is 0 Å². The van der Waals surface area contributed by atoms with Crippen molar-refractivity contribution >= 4 is 5.69 Å². The fraction of sp³-hybridized carbons (Fsp3) is 0.538. The molecule has 3 nitrogen and oxygen atoms in total. The molecule has 0 aliphatic carbocycles. The molecule has 0 bridgehead atoms. The highest BCUT2D eigenvalue weighted by atomic mass is 16.3. The maximum Gasteiger partial charge on any atom is 0.0687 e. The Morgan fingerprint density at radius 2 is 2.25 bits per heavy atom. The summed E-state index contributed by atoms with van der Waals surface area (Å²) in [4.78, 5) is 2.24. The average molecular weight is 220 g/mol. The van der Waals surface area contributed by atoms with Crippen molar-refractivity contribution in [3.8, 4) is 0 Å². The first-order chi connectivity index (χ1) is 7.68. The number of nitrogens with zero attached hydrogens (tertiary/aromatic N) is 1. The molecular formula is C13H20N2O. The third kappa shape index (κ3) is 2.36. The number of aliphatic hydroxyl groups is 1. The van der Waals surface area contributed by atoms with E-state index in [9.17, 15) is 5.11 Å². The molecule has 0 radical (unpaired) electrons. The Kier molecular flexibility index (Phi) is 3.46. The third-order valence-electron chi connectivity index (χ3n) is 3.10. The Hall–Kier alpha value is -1.06. The highest BCUT2D eigenvalue weighted by Gasteiger charge is 2.20. The van der Waals surface area contributed by atoms with Crippen LogP contribution in [0.4, 0.5) is 5.69 Å². The van der Waals surface area contributed by atoms with E-state index < -0.39 is 0 Å². The zero-order chi connectivity index (χ0) is 11.5. The number of fused-ring (bicyclic) bond motifs is 1. The smallest absolute Gasteiger partial charge is 0.0687 e. The van der Waals surface area contributed by atoms with E-state index in [-0.39, 0.29) is 12.1 Å². The highest BCUT2D eigenvalue weighted by Crippen LogP contribution is 2.31. The van der Waals surface area contributed by atoms with Crippen molar-refractivity contribution in [3.63, 3.8) is 0 Å². The highest BCUT2D eigenvalue weighted by molar-refractivity contribution is 5.55. The fourth-order valence-electron chi connectivity index (χ4n) is 2.38. The van der Waals surface area contributed by atoms with Gasteiger partial charge in [-0.1, -0.05) is 18.2 Å². The summed E-state index contributed by atoms with van der Waals surface area (Å²) < 4.78 is 0. The summed E-state index contributed by atoms with van der Waals surface area (Å²) in [6.07, 6.45) is 1.80. The lowest BCUT2D eigenvalue weighted by atomic mass is 10.0. The second-order valence-corrected chi connectivity index (χ2v) is 4.60. The lowest BCUT2D eigenvalue weighted by Gasteiger charge is -2.26. The van der Waals surface area contributed by atoms with E-state index in [4.69, 9.17) is 5.73 Å². The molecule has 0 spiro atoms. The number of anilines is 1. The van der Waals surface area contributed by atoms with Crippen molar-refractivity contribution < 1.29 is 5.11 Å². The van der Waals surface area contributed by atoms with E-state index in [1.807, 2.05) is 19.1 Å². The lowest BCUT2D eigenvalue weighted by Crippen LogP contribution is -2.31. The summed E-state index contributed by atoms with van der Waals surface area (Å²) in [5.41, 5.74) is 8.55. The van der Waals surface area contributed by atoms with Crippen molar-refractivity contribution in [2.45, 2.75) is 31.9 Å². The Labute approximate surface area is 96.9 Å². The topological polar surface area (TPSA) is 49.5 Å². The first-order valence-corrected chi connectivity index (χ1v) is 5.96. The number of β-amino-alcohol motifs (C(OH)–C–C–N with tert-alkyl or cyclic N) is 1. The van der Waals surface area contributed by atoms with Gasteiger partial charge < -0.3 is 15.7 Å². The van der Waals surface area contributed by atoms with Crippen LogP contribution in [0.1, 0.15) is 31.4 Å². The molecule has 2 rings (SSSR count). The van der Waals surface area contributed by atoms with Crippen molar-refractivity contribution in [3.05, 3.63) is 29.8 Å². The molecular weight excluding hydrogens is 200 g/mol. The number of rotatable bonds is 2. The van der Waals surface area contributed by atoms with Gasteiger partial charge in [0.2, 0.25) is 0 Å². The first-order valence-electron chi connectivity index (χ1n) is 5.96. The lowest BCUT2D eigenvalue weighted by molar-refractivity contribution is 0.200.